The highest BCUT2D eigenvalue weighted by molar-refractivity contribution is 14.1. The Morgan fingerprint density at radius 2 is 2.12 bits per heavy atom. The molecule has 1 fully saturated rings. The van der Waals surface area contributed by atoms with Crippen LogP contribution in [0.15, 0.2) is 40.0 Å². The highest BCUT2D eigenvalue weighted by atomic mass is 127. The fourth-order valence-corrected chi connectivity index (χ4v) is 3.23. The number of aliphatic hydroxyl groups excluding tert-OH is 1. The molecule has 1 N–H and O–H groups in total. The maximum absolute atomic E-state index is 12.9. The zero-order valence-electron chi connectivity index (χ0n) is 13.8. The van der Waals surface area contributed by atoms with Crippen LogP contribution in [0.1, 0.15) is 25.8 Å². The van der Waals surface area contributed by atoms with Crippen LogP contribution in [0.5, 0.6) is 0 Å². The number of carbonyl (C=O) groups excluding carboxylic acids is 2. The van der Waals surface area contributed by atoms with Crippen molar-refractivity contribution in [3.8, 4) is 0 Å². The van der Waals surface area contributed by atoms with Crippen LogP contribution < -0.4 is 0 Å². The van der Waals surface area contributed by atoms with Crippen LogP contribution in [0.25, 0.3) is 0 Å². The predicted molar refractivity (Wildman–Crippen MR) is 99.7 cm³/mol. The van der Waals surface area contributed by atoms with E-state index in [2.05, 4.69) is 0 Å². The summed E-state index contributed by atoms with van der Waals surface area (Å²) in [6.45, 7) is 3.80. The van der Waals surface area contributed by atoms with E-state index in [0.29, 0.717) is 18.4 Å². The Bertz CT molecular complexity index is 617. The van der Waals surface area contributed by atoms with E-state index in [9.17, 15) is 14.7 Å². The zero-order valence-corrected chi connectivity index (χ0v) is 16.0. The van der Waals surface area contributed by atoms with Gasteiger partial charge in [0.05, 0.1) is 18.1 Å². The summed E-state index contributed by atoms with van der Waals surface area (Å²) in [7, 11) is 0. The lowest BCUT2D eigenvalue weighted by Crippen LogP contribution is -2.46. The Morgan fingerprint density at radius 3 is 2.71 bits per heavy atom. The first-order chi connectivity index (χ1) is 11.5. The summed E-state index contributed by atoms with van der Waals surface area (Å²) in [6, 6.07) is 9.35. The molecular formula is C18H22INO4. The molecule has 1 aliphatic rings. The van der Waals surface area contributed by atoms with E-state index in [1.54, 1.807) is 11.0 Å². The summed E-state index contributed by atoms with van der Waals surface area (Å²) in [6.07, 6.45) is -0.525. The second kappa shape index (κ2) is 8.62. The normalized spacial score (nSPS) is 20.7. The van der Waals surface area contributed by atoms with Gasteiger partial charge in [0.15, 0.2) is 0 Å². The van der Waals surface area contributed by atoms with Gasteiger partial charge in [-0.05, 0) is 35.0 Å². The Morgan fingerprint density at radius 1 is 1.46 bits per heavy atom. The van der Waals surface area contributed by atoms with Crippen LogP contribution in [0, 0.1) is 5.92 Å². The zero-order chi connectivity index (χ0) is 17.7. The van der Waals surface area contributed by atoms with Crippen LogP contribution in [-0.4, -0.2) is 40.8 Å². The number of nitrogens with zero attached hydrogens (tertiary/aromatic N) is 1. The fraction of sp³-hybridized carbons (Fsp3) is 0.444. The molecule has 1 aliphatic heterocycles. The summed E-state index contributed by atoms with van der Waals surface area (Å²) in [5.41, 5.74) is 1.75. The number of hydrogen-bond donors (Lipinski definition) is 1. The quantitative estimate of drug-likeness (QED) is 0.686. The van der Waals surface area contributed by atoms with Crippen molar-refractivity contribution < 1.29 is 19.4 Å². The molecule has 1 aromatic carbocycles. The first-order valence-corrected chi connectivity index (χ1v) is 9.22. The van der Waals surface area contributed by atoms with Crippen molar-refractivity contribution in [3.05, 3.63) is 45.6 Å². The fourth-order valence-electron chi connectivity index (χ4n) is 2.86. The summed E-state index contributed by atoms with van der Waals surface area (Å²) < 4.78 is 6.85. The first kappa shape index (κ1) is 18.9. The molecular weight excluding hydrogens is 421 g/mol. The SMILES string of the molecule is CC[C@@H](C(=O)N1C(=O)OC[C@H]1Cc1ccccc1)[C@@H](O)/C(C)=C/I. The third-order valence-corrected chi connectivity index (χ3v) is 5.27. The number of aliphatic hydroxyl groups is 1. The number of imide groups is 1. The minimum atomic E-state index is -0.898. The van der Waals surface area contributed by atoms with E-state index in [-0.39, 0.29) is 18.6 Å². The summed E-state index contributed by atoms with van der Waals surface area (Å²) in [5, 5.41) is 10.4. The Balaban J connectivity index is 2.19. The minimum Gasteiger partial charge on any atom is -0.447 e. The van der Waals surface area contributed by atoms with Gasteiger partial charge in [-0.15, -0.1) is 0 Å². The lowest BCUT2D eigenvalue weighted by atomic mass is 9.92. The van der Waals surface area contributed by atoms with E-state index >= 15 is 0 Å². The predicted octanol–water partition coefficient (Wildman–Crippen LogP) is 3.30. The molecule has 24 heavy (non-hydrogen) atoms. The summed E-state index contributed by atoms with van der Waals surface area (Å²) in [4.78, 5) is 26.2. The molecule has 0 unspecified atom stereocenters. The third kappa shape index (κ3) is 4.16. The van der Waals surface area contributed by atoms with Crippen LogP contribution in [0.3, 0.4) is 0 Å². The van der Waals surface area contributed by atoms with Crippen molar-refractivity contribution >= 4 is 34.6 Å². The lowest BCUT2D eigenvalue weighted by molar-refractivity contribution is -0.136. The van der Waals surface area contributed by atoms with E-state index in [0.717, 1.165) is 5.56 Å². The van der Waals surface area contributed by atoms with Crippen molar-refractivity contribution in [1.82, 2.24) is 4.90 Å². The number of rotatable bonds is 6. The third-order valence-electron chi connectivity index (χ3n) is 4.29. The van der Waals surface area contributed by atoms with Gasteiger partial charge in [-0.3, -0.25) is 4.79 Å². The molecule has 1 saturated heterocycles. The molecule has 5 nitrogen and oxygen atoms in total. The van der Waals surface area contributed by atoms with E-state index in [1.165, 1.54) is 4.90 Å². The number of benzene rings is 1. The highest BCUT2D eigenvalue weighted by Crippen LogP contribution is 2.25. The topological polar surface area (TPSA) is 66.8 Å². The van der Waals surface area contributed by atoms with Crippen LogP contribution in [-0.2, 0) is 16.0 Å². The molecule has 1 heterocycles. The average molecular weight is 443 g/mol. The monoisotopic (exact) mass is 443 g/mol. The second-order valence-corrected chi connectivity index (χ2v) is 6.56. The van der Waals surface area contributed by atoms with Gasteiger partial charge in [-0.1, -0.05) is 59.8 Å². The standard InChI is InChI=1S/C18H22INO4/c1-3-15(16(21)12(2)10-19)17(22)20-14(11-24-18(20)23)9-13-7-5-4-6-8-13/h4-8,10,14-16,21H,3,9,11H2,1-2H3/b12-10+/t14-,15-,16+/m1/s1. The maximum atomic E-state index is 12.9. The number of carbonyl (C=O) groups is 2. The van der Waals surface area contributed by atoms with Crippen LogP contribution >= 0.6 is 22.6 Å². The van der Waals surface area contributed by atoms with Gasteiger partial charge in [0.1, 0.15) is 6.61 Å². The Hall–Kier alpha value is -1.41. The number of ether oxygens (including phenoxy) is 1. The van der Waals surface area contributed by atoms with Crippen LogP contribution in [0.2, 0.25) is 0 Å². The molecule has 3 atom stereocenters. The minimum absolute atomic E-state index is 0.188. The number of hydrogen-bond acceptors (Lipinski definition) is 4. The molecule has 0 aromatic heterocycles. The molecule has 0 radical (unpaired) electrons. The van der Waals surface area contributed by atoms with Gasteiger partial charge >= 0.3 is 6.09 Å². The number of cyclic esters (lactones) is 1. The maximum Gasteiger partial charge on any atom is 0.416 e. The number of halogens is 1. The van der Waals surface area contributed by atoms with Gasteiger partial charge in [0, 0.05) is 0 Å². The molecule has 130 valence electrons. The summed E-state index contributed by atoms with van der Waals surface area (Å²) >= 11 is 2.03. The molecule has 2 rings (SSSR count). The van der Waals surface area contributed by atoms with Crippen molar-refractivity contribution in [2.45, 2.75) is 38.8 Å². The van der Waals surface area contributed by atoms with Crippen molar-refractivity contribution in [3.63, 3.8) is 0 Å². The van der Waals surface area contributed by atoms with Gasteiger partial charge in [-0.2, -0.15) is 0 Å². The average Bonchev–Trinajstić information content (AvgIpc) is 2.95. The molecule has 6 heteroatoms. The lowest BCUT2D eigenvalue weighted by Gasteiger charge is -2.27. The largest absolute Gasteiger partial charge is 0.447 e. The van der Waals surface area contributed by atoms with E-state index in [4.69, 9.17) is 4.74 Å². The number of amides is 2. The smallest absolute Gasteiger partial charge is 0.416 e. The van der Waals surface area contributed by atoms with Gasteiger partial charge in [-0.25, -0.2) is 9.69 Å². The first-order valence-electron chi connectivity index (χ1n) is 7.98. The molecule has 0 aliphatic carbocycles. The molecule has 1 aromatic rings. The highest BCUT2D eigenvalue weighted by Gasteiger charge is 2.42. The Kier molecular flexibility index (Phi) is 6.79. The van der Waals surface area contributed by atoms with Gasteiger partial charge in [0.25, 0.3) is 0 Å². The molecule has 0 spiro atoms. The van der Waals surface area contributed by atoms with E-state index < -0.39 is 18.1 Å². The van der Waals surface area contributed by atoms with Gasteiger partial charge in [0.2, 0.25) is 5.91 Å². The van der Waals surface area contributed by atoms with Crippen molar-refractivity contribution in [2.75, 3.05) is 6.61 Å². The second-order valence-electron chi connectivity index (χ2n) is 5.94. The molecule has 0 bridgehead atoms. The van der Waals surface area contributed by atoms with E-state index in [1.807, 2.05) is 59.8 Å². The Labute approximate surface area is 155 Å². The molecule has 2 amide bonds. The van der Waals surface area contributed by atoms with Gasteiger partial charge < -0.3 is 9.84 Å². The van der Waals surface area contributed by atoms with Crippen molar-refractivity contribution in [1.29, 1.82) is 0 Å². The summed E-state index contributed by atoms with van der Waals surface area (Å²) in [5.74, 6) is -1.02. The van der Waals surface area contributed by atoms with Crippen LogP contribution in [0.4, 0.5) is 4.79 Å². The molecule has 0 saturated carbocycles. The van der Waals surface area contributed by atoms with Crippen molar-refractivity contribution in [2.24, 2.45) is 5.92 Å².